The van der Waals surface area contributed by atoms with Crippen LogP contribution in [0.2, 0.25) is 5.15 Å². The van der Waals surface area contributed by atoms with Gasteiger partial charge in [-0.25, -0.2) is 4.98 Å². The van der Waals surface area contributed by atoms with Crippen molar-refractivity contribution in [3.8, 4) is 17.2 Å². The number of ether oxygens (including phenoxy) is 1. The van der Waals surface area contributed by atoms with Gasteiger partial charge in [-0.05, 0) is 30.3 Å². The van der Waals surface area contributed by atoms with E-state index in [1.54, 1.807) is 6.07 Å². The molecule has 0 saturated carbocycles. The van der Waals surface area contributed by atoms with Crippen LogP contribution in [0.25, 0.3) is 17.0 Å². The molecule has 3 aromatic rings. The van der Waals surface area contributed by atoms with Crippen molar-refractivity contribution < 1.29 is 19.7 Å². The molecule has 4 rings (SSSR count). The molecule has 2 heterocycles. The Morgan fingerprint density at radius 2 is 1.96 bits per heavy atom. The van der Waals surface area contributed by atoms with Crippen molar-refractivity contribution in [1.29, 1.82) is 0 Å². The Bertz CT molecular complexity index is 1090. The van der Waals surface area contributed by atoms with E-state index in [-0.39, 0.29) is 33.7 Å². The highest BCUT2D eigenvalue weighted by Gasteiger charge is 2.31. The number of hydrogen-bond acceptors (Lipinski definition) is 5. The third-order valence-corrected chi connectivity index (χ3v) is 4.58. The molecular formula is C18H9BrClNO4. The van der Waals surface area contributed by atoms with E-state index >= 15 is 0 Å². The van der Waals surface area contributed by atoms with Crippen LogP contribution >= 0.6 is 27.5 Å². The Hall–Kier alpha value is -2.57. The maximum Gasteiger partial charge on any atom is 0.235 e. The average molecular weight is 419 g/mol. The average Bonchev–Trinajstić information content (AvgIpc) is 2.84. The normalized spacial score (nSPS) is 14.8. The van der Waals surface area contributed by atoms with Gasteiger partial charge in [0.1, 0.15) is 28.0 Å². The minimum absolute atomic E-state index is 0.00560. The third-order valence-electron chi connectivity index (χ3n) is 3.78. The Morgan fingerprint density at radius 3 is 2.76 bits per heavy atom. The van der Waals surface area contributed by atoms with Crippen molar-refractivity contribution in [2.24, 2.45) is 0 Å². The second-order valence-corrected chi connectivity index (χ2v) is 6.76. The Labute approximate surface area is 155 Å². The van der Waals surface area contributed by atoms with E-state index in [0.29, 0.717) is 5.56 Å². The molecular weight excluding hydrogens is 410 g/mol. The summed E-state index contributed by atoms with van der Waals surface area (Å²) in [5.41, 5.74) is 1.24. The van der Waals surface area contributed by atoms with Crippen LogP contribution in [-0.2, 0) is 0 Å². The molecule has 124 valence electrons. The summed E-state index contributed by atoms with van der Waals surface area (Å²) < 4.78 is 6.36. The number of Topliss-reactive ketones (excluding diaryl/α,β-unsaturated/α-hetero) is 1. The van der Waals surface area contributed by atoms with E-state index in [2.05, 4.69) is 20.9 Å². The number of aromatic nitrogens is 1. The van der Waals surface area contributed by atoms with Gasteiger partial charge in [-0.15, -0.1) is 0 Å². The minimum Gasteiger partial charge on any atom is -0.508 e. The summed E-state index contributed by atoms with van der Waals surface area (Å²) in [5.74, 6) is -0.927. The summed E-state index contributed by atoms with van der Waals surface area (Å²) in [6.45, 7) is 0. The maximum atomic E-state index is 12.5. The molecule has 1 aromatic heterocycles. The summed E-state index contributed by atoms with van der Waals surface area (Å²) in [6, 6.07) is 9.72. The zero-order valence-electron chi connectivity index (χ0n) is 12.5. The van der Waals surface area contributed by atoms with Crippen LogP contribution in [-0.4, -0.2) is 21.0 Å². The molecule has 0 unspecified atom stereocenters. The molecule has 2 aromatic carbocycles. The highest BCUT2D eigenvalue weighted by Crippen LogP contribution is 2.41. The molecule has 25 heavy (non-hydrogen) atoms. The van der Waals surface area contributed by atoms with E-state index in [9.17, 15) is 15.0 Å². The first-order valence-electron chi connectivity index (χ1n) is 7.18. The number of phenolic OH excluding ortho intramolecular Hbond substituents is 2. The Morgan fingerprint density at radius 1 is 1.16 bits per heavy atom. The minimum atomic E-state index is -0.488. The summed E-state index contributed by atoms with van der Waals surface area (Å²) in [5, 5.41) is 20.4. The van der Waals surface area contributed by atoms with Crippen molar-refractivity contribution in [2.75, 3.05) is 0 Å². The molecule has 0 amide bonds. The van der Waals surface area contributed by atoms with Gasteiger partial charge >= 0.3 is 0 Å². The van der Waals surface area contributed by atoms with Crippen LogP contribution in [0.3, 0.4) is 0 Å². The number of carbonyl (C=O) groups is 1. The number of benzene rings is 2. The number of rotatable bonds is 1. The van der Waals surface area contributed by atoms with Gasteiger partial charge in [0.15, 0.2) is 5.76 Å². The van der Waals surface area contributed by atoms with Crippen LogP contribution in [0.1, 0.15) is 15.9 Å². The number of ketones is 1. The van der Waals surface area contributed by atoms with Gasteiger partial charge in [-0.2, -0.15) is 0 Å². The molecule has 1 aliphatic rings. The first-order chi connectivity index (χ1) is 11.9. The number of carbonyl (C=O) groups excluding carboxylic acids is 1. The predicted molar refractivity (Wildman–Crippen MR) is 97.2 cm³/mol. The lowest BCUT2D eigenvalue weighted by molar-refractivity contribution is 0.101. The molecule has 0 fully saturated rings. The summed E-state index contributed by atoms with van der Waals surface area (Å²) >= 11 is 9.61. The summed E-state index contributed by atoms with van der Waals surface area (Å²) in [6.07, 6.45) is 1.47. The predicted octanol–water partition coefficient (Wildman–Crippen LogP) is 4.68. The monoisotopic (exact) mass is 417 g/mol. The van der Waals surface area contributed by atoms with Gasteiger partial charge in [-0.1, -0.05) is 27.5 Å². The number of nitrogens with zero attached hydrogens (tertiary/aromatic N) is 1. The molecule has 7 heteroatoms. The first-order valence-corrected chi connectivity index (χ1v) is 8.35. The molecule has 0 saturated heterocycles. The molecule has 0 aliphatic carbocycles. The second-order valence-electron chi connectivity index (χ2n) is 5.48. The fourth-order valence-electron chi connectivity index (χ4n) is 2.66. The highest BCUT2D eigenvalue weighted by molar-refractivity contribution is 9.10. The van der Waals surface area contributed by atoms with Crippen molar-refractivity contribution in [2.45, 2.75) is 0 Å². The molecule has 0 atom stereocenters. The molecule has 0 spiro atoms. The number of phenols is 2. The topological polar surface area (TPSA) is 79.7 Å². The number of fused-ring (bicyclic) bond motifs is 2. The van der Waals surface area contributed by atoms with E-state index in [0.717, 1.165) is 21.4 Å². The molecule has 1 aliphatic heterocycles. The first kappa shape index (κ1) is 15.9. The van der Waals surface area contributed by atoms with E-state index in [1.807, 2.05) is 18.2 Å². The van der Waals surface area contributed by atoms with Crippen LogP contribution in [0.15, 0.2) is 46.6 Å². The van der Waals surface area contributed by atoms with Crippen LogP contribution in [0.4, 0.5) is 0 Å². The smallest absolute Gasteiger partial charge is 0.235 e. The van der Waals surface area contributed by atoms with E-state index in [1.165, 1.54) is 12.1 Å². The van der Waals surface area contributed by atoms with Gasteiger partial charge in [0.25, 0.3) is 0 Å². The lowest BCUT2D eigenvalue weighted by atomic mass is 10.1. The van der Waals surface area contributed by atoms with Gasteiger partial charge in [0, 0.05) is 27.6 Å². The van der Waals surface area contributed by atoms with Crippen LogP contribution in [0, 0.1) is 0 Å². The van der Waals surface area contributed by atoms with Crippen molar-refractivity contribution >= 4 is 50.3 Å². The van der Waals surface area contributed by atoms with E-state index in [4.69, 9.17) is 16.3 Å². The second kappa shape index (κ2) is 5.75. The number of allylic oxidation sites excluding steroid dienone is 1. The van der Waals surface area contributed by atoms with Crippen molar-refractivity contribution in [3.05, 3.63) is 62.9 Å². The van der Waals surface area contributed by atoms with Crippen LogP contribution in [0.5, 0.6) is 17.2 Å². The highest BCUT2D eigenvalue weighted by atomic mass is 79.9. The summed E-state index contributed by atoms with van der Waals surface area (Å²) in [7, 11) is 0. The quantitative estimate of drug-likeness (QED) is 0.443. The molecule has 5 nitrogen and oxygen atoms in total. The number of pyridine rings is 1. The fraction of sp³-hybridized carbons (Fsp3) is 0. The molecule has 0 radical (unpaired) electrons. The van der Waals surface area contributed by atoms with Gasteiger partial charge in [0.05, 0.1) is 5.52 Å². The number of halogens is 2. The lowest BCUT2D eigenvalue weighted by Gasteiger charge is -2.04. The van der Waals surface area contributed by atoms with Crippen molar-refractivity contribution in [1.82, 2.24) is 4.98 Å². The van der Waals surface area contributed by atoms with Gasteiger partial charge < -0.3 is 14.9 Å². The number of hydrogen-bond donors (Lipinski definition) is 2. The fourth-order valence-corrected chi connectivity index (χ4v) is 3.24. The Balaban J connectivity index is 1.82. The largest absolute Gasteiger partial charge is 0.508 e. The maximum absolute atomic E-state index is 12.5. The SMILES string of the molecule is O=C1/C(=C/c2cc3cc(Br)ccc3nc2Cl)Oc2cc(O)cc(O)c21. The van der Waals surface area contributed by atoms with Gasteiger partial charge in [0.2, 0.25) is 5.78 Å². The Kier molecular flexibility index (Phi) is 3.67. The molecule has 0 bridgehead atoms. The van der Waals surface area contributed by atoms with Crippen molar-refractivity contribution in [3.63, 3.8) is 0 Å². The molecule has 2 N–H and O–H groups in total. The van der Waals surface area contributed by atoms with Crippen LogP contribution < -0.4 is 4.74 Å². The third kappa shape index (κ3) is 2.73. The zero-order chi connectivity index (χ0) is 17.7. The van der Waals surface area contributed by atoms with Gasteiger partial charge in [-0.3, -0.25) is 4.79 Å². The lowest BCUT2D eigenvalue weighted by Crippen LogP contribution is -1.99. The van der Waals surface area contributed by atoms with E-state index < -0.39 is 5.78 Å². The standard InChI is InChI=1S/C18H9BrClNO4/c19-10-1-2-12-8(4-10)3-9(18(20)21-12)5-15-17(24)16-13(23)6-11(22)7-14(16)25-15/h1-7,22-23H/b15-5-. The summed E-state index contributed by atoms with van der Waals surface area (Å²) in [4.78, 5) is 16.8. The zero-order valence-corrected chi connectivity index (χ0v) is 14.8. The number of aromatic hydroxyl groups is 2.